The number of nitrogens with two attached hydrogens (primary N) is 1. The number of rotatable bonds is 4. The minimum Gasteiger partial charge on any atom is -0.693 e. The first-order valence-electron chi connectivity index (χ1n) is 5.64. The van der Waals surface area contributed by atoms with Gasteiger partial charge in [0.05, 0.1) is 0 Å². The summed E-state index contributed by atoms with van der Waals surface area (Å²) in [6, 6.07) is 0.286. The summed E-state index contributed by atoms with van der Waals surface area (Å²) in [5.41, 5.74) is 7.27. The number of carbonyl (C=O) groups is 2. The van der Waals surface area contributed by atoms with Crippen LogP contribution in [-0.2, 0) is 30.7 Å². The molecule has 8 heteroatoms. The quantitative estimate of drug-likeness (QED) is 0.605. The standard InChI is InChI=1S/C6H12N.C5H8O4S.H2N.Pt/c7-6-4-2-1-3-5-6;1-10-2-3(4(6)7)5(8)9;;/h6-7H,1-5H2;3H,2H2,1H3,(H,6,7)(H,8,9);1H2;/q-1;;-1;+2. The van der Waals surface area contributed by atoms with Gasteiger partial charge in [-0.25, -0.2) is 0 Å². The Kier molecular flexibility index (Phi) is 18.0. The molecule has 0 heterocycles. The molecule has 5 N–H and O–H groups in total. The van der Waals surface area contributed by atoms with Crippen LogP contribution in [0.15, 0.2) is 0 Å². The fraction of sp³-hybridized carbons (Fsp3) is 0.818. The number of nitrogens with one attached hydrogen (secondary N) is 1. The molecule has 19 heavy (non-hydrogen) atoms. The van der Waals surface area contributed by atoms with Gasteiger partial charge in [0.2, 0.25) is 0 Å². The summed E-state index contributed by atoms with van der Waals surface area (Å²) < 4.78 is 0. The zero-order valence-electron chi connectivity index (χ0n) is 10.9. The molecule has 0 radical (unpaired) electrons. The summed E-state index contributed by atoms with van der Waals surface area (Å²) in [6.45, 7) is 0. The molecule has 6 nitrogen and oxygen atoms in total. The van der Waals surface area contributed by atoms with Crippen LogP contribution in [0.5, 0.6) is 0 Å². The third-order valence-electron chi connectivity index (χ3n) is 2.53. The van der Waals surface area contributed by atoms with Gasteiger partial charge in [0.25, 0.3) is 0 Å². The van der Waals surface area contributed by atoms with Gasteiger partial charge in [-0.3, -0.25) is 9.59 Å². The van der Waals surface area contributed by atoms with Crippen molar-refractivity contribution in [1.29, 1.82) is 0 Å². The van der Waals surface area contributed by atoms with Crippen molar-refractivity contribution in [3.63, 3.8) is 0 Å². The van der Waals surface area contributed by atoms with E-state index in [4.69, 9.17) is 15.9 Å². The summed E-state index contributed by atoms with van der Waals surface area (Å²) in [5.74, 6) is -3.70. The molecule has 0 aromatic heterocycles. The molecule has 1 saturated carbocycles. The Labute approximate surface area is 132 Å². The second kappa shape index (κ2) is 14.3. The molecule has 0 aliphatic heterocycles. The van der Waals surface area contributed by atoms with Crippen LogP contribution in [0, 0.1) is 5.92 Å². The monoisotopic (exact) mass is 473 g/mol. The maximum atomic E-state index is 10.1. The minimum atomic E-state index is -1.28. The van der Waals surface area contributed by atoms with Crippen LogP contribution in [0.4, 0.5) is 0 Å². The molecule has 0 unspecified atom stereocenters. The second-order valence-electron chi connectivity index (χ2n) is 4.02. The van der Waals surface area contributed by atoms with E-state index in [0.29, 0.717) is 0 Å². The van der Waals surface area contributed by atoms with E-state index in [2.05, 4.69) is 0 Å². The van der Waals surface area contributed by atoms with Gasteiger partial charge in [0.1, 0.15) is 0 Å². The first kappa shape index (κ1) is 24.0. The van der Waals surface area contributed by atoms with E-state index in [1.165, 1.54) is 31.0 Å². The SMILES string of the molecule is CSCC(C(=O)O)C(=O)O.[NH-]C1CCCCC1.[NH2-].[Pt+2]. The third-order valence-corrected chi connectivity index (χ3v) is 3.20. The van der Waals surface area contributed by atoms with E-state index in [1.54, 1.807) is 6.26 Å². The fourth-order valence-electron chi connectivity index (χ4n) is 1.52. The zero-order chi connectivity index (χ0) is 13.3. The van der Waals surface area contributed by atoms with E-state index < -0.39 is 17.9 Å². The number of aliphatic carboxylic acids is 2. The van der Waals surface area contributed by atoms with E-state index >= 15 is 0 Å². The van der Waals surface area contributed by atoms with Crippen molar-refractivity contribution in [2.45, 2.75) is 38.1 Å². The summed E-state index contributed by atoms with van der Waals surface area (Å²) in [5, 5.41) is 16.6. The van der Waals surface area contributed by atoms with Crippen LogP contribution in [0.1, 0.15) is 32.1 Å². The summed E-state index contributed by atoms with van der Waals surface area (Å²) >= 11 is 1.20. The van der Waals surface area contributed by atoms with Crippen LogP contribution < -0.4 is 0 Å². The first-order chi connectivity index (χ1) is 7.99. The zero-order valence-corrected chi connectivity index (χ0v) is 14.0. The summed E-state index contributed by atoms with van der Waals surface area (Å²) in [6.07, 6.45) is 7.94. The van der Waals surface area contributed by atoms with E-state index in [1.807, 2.05) is 0 Å². The Morgan fingerprint density at radius 3 is 1.79 bits per heavy atom. The van der Waals surface area contributed by atoms with Crippen molar-refractivity contribution >= 4 is 23.7 Å². The summed E-state index contributed by atoms with van der Waals surface area (Å²) in [7, 11) is 0. The number of hydrogen-bond donors (Lipinski definition) is 2. The smallest absolute Gasteiger partial charge is 0.693 e. The number of carboxylic acids is 2. The molecule has 0 atom stereocenters. The molecule has 0 spiro atoms. The van der Waals surface area contributed by atoms with Crippen molar-refractivity contribution in [2.75, 3.05) is 12.0 Å². The van der Waals surface area contributed by atoms with E-state index in [9.17, 15) is 9.59 Å². The molecule has 1 rings (SSSR count). The molecule has 1 aliphatic carbocycles. The van der Waals surface area contributed by atoms with Crippen LogP contribution in [0.2, 0.25) is 0 Å². The average molecular weight is 473 g/mol. The van der Waals surface area contributed by atoms with Crippen LogP contribution >= 0.6 is 11.8 Å². The molecule has 116 valence electrons. The van der Waals surface area contributed by atoms with E-state index in [0.717, 1.165) is 12.8 Å². The Morgan fingerprint density at radius 1 is 1.21 bits per heavy atom. The predicted octanol–water partition coefficient (Wildman–Crippen LogP) is 3.22. The Bertz CT molecular complexity index is 237. The van der Waals surface area contributed by atoms with Gasteiger partial charge in [0.15, 0.2) is 5.92 Å². The van der Waals surface area contributed by atoms with Crippen molar-refractivity contribution in [1.82, 2.24) is 0 Å². The van der Waals surface area contributed by atoms with Crippen molar-refractivity contribution in [2.24, 2.45) is 5.92 Å². The van der Waals surface area contributed by atoms with E-state index in [-0.39, 0.29) is 39.0 Å². The first-order valence-corrected chi connectivity index (χ1v) is 7.04. The molecule has 0 bridgehead atoms. The van der Waals surface area contributed by atoms with Gasteiger partial charge in [-0.2, -0.15) is 11.8 Å². The van der Waals surface area contributed by atoms with Gasteiger partial charge in [-0.1, -0.05) is 32.1 Å². The van der Waals surface area contributed by atoms with Crippen molar-refractivity contribution in [3.05, 3.63) is 11.9 Å². The maximum Gasteiger partial charge on any atom is 2.00 e. The normalized spacial score (nSPS) is 14.5. The number of hydrogen-bond acceptors (Lipinski definition) is 3. The van der Waals surface area contributed by atoms with Crippen LogP contribution in [0.3, 0.4) is 0 Å². The average Bonchev–Trinajstić information content (AvgIpc) is 2.27. The second-order valence-corrected chi connectivity index (χ2v) is 4.93. The number of carboxylic acid groups (broad SMARTS) is 2. The molecular formula is C11H22N2O4PtS. The molecule has 0 amide bonds. The van der Waals surface area contributed by atoms with Crippen molar-refractivity contribution in [3.8, 4) is 0 Å². The maximum absolute atomic E-state index is 10.1. The van der Waals surface area contributed by atoms with Gasteiger partial charge in [-0.05, 0) is 6.26 Å². The summed E-state index contributed by atoms with van der Waals surface area (Å²) in [4.78, 5) is 20.3. The van der Waals surface area contributed by atoms with Gasteiger partial charge >= 0.3 is 33.0 Å². The number of thioether (sulfide) groups is 1. The topological polar surface area (TPSA) is 132 Å². The predicted molar refractivity (Wildman–Crippen MR) is 73.6 cm³/mol. The third kappa shape index (κ3) is 12.7. The molecule has 0 aromatic rings. The van der Waals surface area contributed by atoms with Crippen LogP contribution in [-0.4, -0.2) is 40.2 Å². The fourth-order valence-corrected chi connectivity index (χ4v) is 2.14. The molecule has 0 aromatic carbocycles. The molecule has 0 saturated heterocycles. The van der Waals surface area contributed by atoms with Gasteiger partial charge in [0, 0.05) is 5.75 Å². The molecule has 1 fully saturated rings. The van der Waals surface area contributed by atoms with Crippen LogP contribution in [0.25, 0.3) is 11.9 Å². The largest absolute Gasteiger partial charge is 2.00 e. The van der Waals surface area contributed by atoms with Gasteiger partial charge < -0.3 is 22.1 Å². The van der Waals surface area contributed by atoms with Crippen molar-refractivity contribution < 1.29 is 40.9 Å². The minimum absolute atomic E-state index is 0. The molecular weight excluding hydrogens is 451 g/mol. The van der Waals surface area contributed by atoms with Gasteiger partial charge in [-0.15, -0.1) is 6.04 Å². The Morgan fingerprint density at radius 2 is 1.63 bits per heavy atom. The Hall–Kier alpha value is -0.102. The Balaban J connectivity index is -0.000000253. The molecule has 1 aliphatic rings.